The quantitative estimate of drug-likeness (QED) is 0.851. The van der Waals surface area contributed by atoms with Gasteiger partial charge in [-0.15, -0.1) is 0 Å². The van der Waals surface area contributed by atoms with Crippen molar-refractivity contribution in [2.45, 2.75) is 19.3 Å². The third-order valence-corrected chi connectivity index (χ3v) is 3.85. The zero-order valence-corrected chi connectivity index (χ0v) is 11.7. The van der Waals surface area contributed by atoms with Gasteiger partial charge in [0.05, 0.1) is 0 Å². The predicted octanol–water partition coefficient (Wildman–Crippen LogP) is 3.89. The summed E-state index contributed by atoms with van der Waals surface area (Å²) in [5.74, 6) is 0. The van der Waals surface area contributed by atoms with Gasteiger partial charge in [-0.2, -0.15) is 0 Å². The highest BCUT2D eigenvalue weighted by Crippen LogP contribution is 2.26. The van der Waals surface area contributed by atoms with Gasteiger partial charge in [0, 0.05) is 12.7 Å². The third-order valence-electron chi connectivity index (χ3n) is 3.85. The Morgan fingerprint density at radius 1 is 1.00 bits per heavy atom. The molecule has 0 saturated carbocycles. The maximum absolute atomic E-state index is 9.57. The molecule has 0 unspecified atom stereocenters. The topological polar surface area (TPSA) is 23.5 Å². The van der Waals surface area contributed by atoms with Crippen LogP contribution in [0.25, 0.3) is 6.08 Å². The van der Waals surface area contributed by atoms with E-state index in [0.29, 0.717) is 0 Å². The fourth-order valence-electron chi connectivity index (χ4n) is 2.72. The van der Waals surface area contributed by atoms with Crippen LogP contribution in [0.15, 0.2) is 54.2 Å². The summed E-state index contributed by atoms with van der Waals surface area (Å²) >= 11 is 0. The highest BCUT2D eigenvalue weighted by Gasteiger charge is 2.12. The Morgan fingerprint density at radius 2 is 1.80 bits per heavy atom. The molecule has 1 aliphatic carbocycles. The minimum Gasteiger partial charge on any atom is -0.289 e. The first kappa shape index (κ1) is 12.9. The fourth-order valence-corrected chi connectivity index (χ4v) is 2.72. The normalized spacial score (nSPS) is 13.6. The molecule has 0 saturated heterocycles. The molecule has 2 nitrogen and oxygen atoms in total. The maximum Gasteiger partial charge on any atom is 0.0414 e. The van der Waals surface area contributed by atoms with E-state index in [-0.39, 0.29) is 0 Å². The lowest BCUT2D eigenvalue weighted by Crippen LogP contribution is -2.15. The summed E-state index contributed by atoms with van der Waals surface area (Å²) in [7, 11) is 1.69. The minimum atomic E-state index is 0.901. The number of hydroxylamine groups is 2. The monoisotopic (exact) mass is 265 g/mol. The molecule has 0 heterocycles. The molecule has 102 valence electrons. The first-order chi connectivity index (χ1) is 9.72. The summed E-state index contributed by atoms with van der Waals surface area (Å²) in [6.45, 7) is 0. The van der Waals surface area contributed by atoms with E-state index in [1.54, 1.807) is 7.05 Å². The van der Waals surface area contributed by atoms with Gasteiger partial charge in [0.1, 0.15) is 0 Å². The lowest BCUT2D eigenvalue weighted by atomic mass is 9.92. The maximum atomic E-state index is 9.57. The summed E-state index contributed by atoms with van der Waals surface area (Å²) in [5.41, 5.74) is 6.22. The minimum absolute atomic E-state index is 0.901. The second kappa shape index (κ2) is 5.51. The standard InChI is InChI=1S/C18H19NO/c1-19(20)18-10-9-16-8-7-15(12-17(16)13-18)11-14-5-3-2-4-6-14/h2-8,12-13,20H,9-11H2,1H3. The van der Waals surface area contributed by atoms with Crippen LogP contribution in [0.3, 0.4) is 0 Å². The van der Waals surface area contributed by atoms with Gasteiger partial charge in [-0.25, -0.2) is 0 Å². The molecule has 0 bridgehead atoms. The van der Waals surface area contributed by atoms with Gasteiger partial charge in [-0.1, -0.05) is 48.5 Å². The first-order valence-corrected chi connectivity index (χ1v) is 7.01. The second-order valence-electron chi connectivity index (χ2n) is 5.35. The lowest BCUT2D eigenvalue weighted by molar-refractivity contribution is -0.0304. The van der Waals surface area contributed by atoms with Gasteiger partial charge in [0.15, 0.2) is 0 Å². The number of hydrogen-bond acceptors (Lipinski definition) is 2. The van der Waals surface area contributed by atoms with Crippen molar-refractivity contribution in [1.29, 1.82) is 0 Å². The SMILES string of the molecule is CN(O)C1=Cc2cc(Cc3ccccc3)ccc2CC1. The third kappa shape index (κ3) is 2.75. The molecule has 0 amide bonds. The molecule has 2 heteroatoms. The van der Waals surface area contributed by atoms with Crippen LogP contribution in [0.4, 0.5) is 0 Å². The van der Waals surface area contributed by atoms with E-state index < -0.39 is 0 Å². The van der Waals surface area contributed by atoms with Crippen molar-refractivity contribution < 1.29 is 5.21 Å². The van der Waals surface area contributed by atoms with Crippen molar-refractivity contribution in [3.8, 4) is 0 Å². The highest BCUT2D eigenvalue weighted by molar-refractivity contribution is 5.60. The molecule has 20 heavy (non-hydrogen) atoms. The zero-order valence-electron chi connectivity index (χ0n) is 11.7. The van der Waals surface area contributed by atoms with E-state index in [9.17, 15) is 5.21 Å². The Morgan fingerprint density at radius 3 is 2.55 bits per heavy atom. The summed E-state index contributed by atoms with van der Waals surface area (Å²) in [4.78, 5) is 0. The molecule has 0 radical (unpaired) electrons. The number of allylic oxidation sites excluding steroid dienone is 1. The fraction of sp³-hybridized carbons (Fsp3) is 0.222. The summed E-state index contributed by atoms with van der Waals surface area (Å²) in [6, 6.07) is 17.2. The molecule has 1 aliphatic rings. The first-order valence-electron chi connectivity index (χ1n) is 7.01. The van der Waals surface area contributed by atoms with Crippen molar-refractivity contribution >= 4 is 6.08 Å². The molecule has 2 aromatic carbocycles. The predicted molar refractivity (Wildman–Crippen MR) is 81.5 cm³/mol. The molecular formula is C18H19NO. The van der Waals surface area contributed by atoms with Crippen LogP contribution in [0.5, 0.6) is 0 Å². The lowest BCUT2D eigenvalue weighted by Gasteiger charge is -2.21. The Labute approximate surface area is 119 Å². The van der Waals surface area contributed by atoms with Gasteiger partial charge in [-0.05, 0) is 47.6 Å². The van der Waals surface area contributed by atoms with E-state index >= 15 is 0 Å². The Bertz CT molecular complexity index is 629. The second-order valence-corrected chi connectivity index (χ2v) is 5.35. The average molecular weight is 265 g/mol. The van der Waals surface area contributed by atoms with Crippen LogP contribution in [-0.2, 0) is 12.8 Å². The molecular weight excluding hydrogens is 246 g/mol. The van der Waals surface area contributed by atoms with Gasteiger partial charge in [0.2, 0.25) is 0 Å². The van der Waals surface area contributed by atoms with Gasteiger partial charge in [0.25, 0.3) is 0 Å². The summed E-state index contributed by atoms with van der Waals surface area (Å²) < 4.78 is 0. The van der Waals surface area contributed by atoms with Crippen molar-refractivity contribution in [3.05, 3.63) is 76.5 Å². The Hall–Kier alpha value is -2.06. The molecule has 0 aliphatic heterocycles. The number of benzene rings is 2. The smallest absolute Gasteiger partial charge is 0.0414 e. The molecule has 0 fully saturated rings. The van der Waals surface area contributed by atoms with Gasteiger partial charge < -0.3 is 0 Å². The van der Waals surface area contributed by atoms with Gasteiger partial charge in [-0.3, -0.25) is 10.3 Å². The molecule has 1 N–H and O–H groups in total. The van der Waals surface area contributed by atoms with Crippen LogP contribution in [0, 0.1) is 0 Å². The number of aryl methyl sites for hydroxylation is 1. The Kier molecular flexibility index (Phi) is 3.57. The van der Waals surface area contributed by atoms with Crippen molar-refractivity contribution in [3.63, 3.8) is 0 Å². The van der Waals surface area contributed by atoms with Crippen molar-refractivity contribution in [2.24, 2.45) is 0 Å². The van der Waals surface area contributed by atoms with E-state index in [4.69, 9.17) is 0 Å². The van der Waals surface area contributed by atoms with E-state index in [1.807, 2.05) is 6.07 Å². The molecule has 2 aromatic rings. The highest BCUT2D eigenvalue weighted by atomic mass is 16.5. The van der Waals surface area contributed by atoms with E-state index in [1.165, 1.54) is 27.3 Å². The van der Waals surface area contributed by atoms with Crippen LogP contribution >= 0.6 is 0 Å². The molecule has 0 atom stereocenters. The Balaban J connectivity index is 1.88. The number of fused-ring (bicyclic) bond motifs is 1. The zero-order chi connectivity index (χ0) is 13.9. The van der Waals surface area contributed by atoms with Gasteiger partial charge >= 0.3 is 0 Å². The van der Waals surface area contributed by atoms with E-state index in [2.05, 4.69) is 48.5 Å². The van der Waals surface area contributed by atoms with Crippen LogP contribution in [-0.4, -0.2) is 17.3 Å². The largest absolute Gasteiger partial charge is 0.289 e. The van der Waals surface area contributed by atoms with Crippen LogP contribution < -0.4 is 0 Å². The van der Waals surface area contributed by atoms with E-state index in [0.717, 1.165) is 25.0 Å². The van der Waals surface area contributed by atoms with Crippen molar-refractivity contribution in [2.75, 3.05) is 7.05 Å². The summed E-state index contributed by atoms with van der Waals surface area (Å²) in [5, 5.41) is 10.8. The molecule has 0 aromatic heterocycles. The van der Waals surface area contributed by atoms with Crippen LogP contribution in [0.2, 0.25) is 0 Å². The van der Waals surface area contributed by atoms with Crippen LogP contribution in [0.1, 0.15) is 28.7 Å². The molecule has 0 spiro atoms. The number of rotatable bonds is 3. The summed E-state index contributed by atoms with van der Waals surface area (Å²) in [6.07, 6.45) is 4.94. The van der Waals surface area contributed by atoms with Crippen molar-refractivity contribution in [1.82, 2.24) is 5.06 Å². The number of hydrogen-bond donors (Lipinski definition) is 1. The number of nitrogens with zero attached hydrogens (tertiary/aromatic N) is 1. The molecule has 3 rings (SSSR count). The average Bonchev–Trinajstić information content (AvgIpc) is 2.47.